The second-order valence-electron chi connectivity index (χ2n) is 12.8. The van der Waals surface area contributed by atoms with E-state index in [0.29, 0.717) is 0 Å². The SMILES string of the molecule is CCCCCCCCCCCCc1ccc([S+](c2ccccc2)c2ccc(CCCCCCCCCCCC)cc2)cc1. The third-order valence-electron chi connectivity index (χ3n) is 8.94. The Labute approximate surface area is 269 Å². The van der Waals surface area contributed by atoms with Crippen molar-refractivity contribution in [3.05, 3.63) is 90.0 Å². The van der Waals surface area contributed by atoms with Gasteiger partial charge in [0.2, 0.25) is 0 Å². The van der Waals surface area contributed by atoms with Gasteiger partial charge in [-0.1, -0.05) is 172 Å². The molecule has 1 heteroatoms. The average Bonchev–Trinajstić information content (AvgIpc) is 3.05. The van der Waals surface area contributed by atoms with Gasteiger partial charge in [0.25, 0.3) is 0 Å². The van der Waals surface area contributed by atoms with E-state index in [0.717, 1.165) is 0 Å². The second-order valence-corrected chi connectivity index (χ2v) is 14.8. The minimum absolute atomic E-state index is 0.0604. The topological polar surface area (TPSA) is 0 Å². The van der Waals surface area contributed by atoms with Crippen LogP contribution in [0.15, 0.2) is 93.5 Å². The van der Waals surface area contributed by atoms with E-state index in [9.17, 15) is 0 Å². The first-order valence-electron chi connectivity index (χ1n) is 18.3. The largest absolute Gasteiger partial charge is 0.166 e. The lowest BCUT2D eigenvalue weighted by Crippen LogP contribution is -2.05. The molecule has 0 nitrogen and oxygen atoms in total. The predicted molar refractivity (Wildman–Crippen MR) is 193 cm³/mol. The molecule has 0 aromatic heterocycles. The first-order valence-corrected chi connectivity index (χ1v) is 19.5. The van der Waals surface area contributed by atoms with Crippen molar-refractivity contribution in [2.24, 2.45) is 0 Å². The molecule has 0 bridgehead atoms. The van der Waals surface area contributed by atoms with Crippen molar-refractivity contribution in [3.63, 3.8) is 0 Å². The molecule has 43 heavy (non-hydrogen) atoms. The maximum atomic E-state index is 2.40. The summed E-state index contributed by atoms with van der Waals surface area (Å²) in [6, 6.07) is 30.3. The van der Waals surface area contributed by atoms with Crippen molar-refractivity contribution in [2.75, 3.05) is 0 Å². The summed E-state index contributed by atoms with van der Waals surface area (Å²) in [5.74, 6) is 0. The van der Waals surface area contributed by atoms with Gasteiger partial charge < -0.3 is 0 Å². The molecule has 0 heterocycles. The third-order valence-corrected chi connectivity index (χ3v) is 11.2. The summed E-state index contributed by atoms with van der Waals surface area (Å²) in [6.07, 6.45) is 30.5. The summed E-state index contributed by atoms with van der Waals surface area (Å²) in [5.41, 5.74) is 2.98. The number of hydrogen-bond donors (Lipinski definition) is 0. The zero-order valence-corrected chi connectivity index (χ0v) is 28.8. The van der Waals surface area contributed by atoms with Gasteiger partial charge >= 0.3 is 0 Å². The average molecular weight is 600 g/mol. The van der Waals surface area contributed by atoms with Gasteiger partial charge in [-0.05, 0) is 73.2 Å². The van der Waals surface area contributed by atoms with Gasteiger partial charge in [0.15, 0.2) is 14.7 Å². The zero-order valence-electron chi connectivity index (χ0n) is 28.0. The maximum absolute atomic E-state index is 2.40. The zero-order chi connectivity index (χ0) is 30.2. The smallest absolute Gasteiger partial charge is 0.0654 e. The van der Waals surface area contributed by atoms with Gasteiger partial charge in [-0.15, -0.1) is 0 Å². The molecule has 0 N–H and O–H groups in total. The highest BCUT2D eigenvalue weighted by atomic mass is 32.2. The lowest BCUT2D eigenvalue weighted by Gasteiger charge is -2.10. The Morgan fingerprint density at radius 3 is 0.977 bits per heavy atom. The molecule has 0 unspecified atom stereocenters. The van der Waals surface area contributed by atoms with E-state index in [1.807, 2.05) is 0 Å². The van der Waals surface area contributed by atoms with Crippen LogP contribution in [0.5, 0.6) is 0 Å². The van der Waals surface area contributed by atoms with Crippen LogP contribution in [0.3, 0.4) is 0 Å². The summed E-state index contributed by atoms with van der Waals surface area (Å²) >= 11 is 0. The van der Waals surface area contributed by atoms with Crippen LogP contribution >= 0.6 is 0 Å². The molecule has 0 atom stereocenters. The van der Waals surface area contributed by atoms with E-state index in [2.05, 4.69) is 92.7 Å². The lowest BCUT2D eigenvalue weighted by molar-refractivity contribution is 0.556. The quantitative estimate of drug-likeness (QED) is 0.0671. The number of aryl methyl sites for hydroxylation is 2. The van der Waals surface area contributed by atoms with Crippen molar-refractivity contribution >= 4 is 10.9 Å². The van der Waals surface area contributed by atoms with E-state index in [4.69, 9.17) is 0 Å². The highest BCUT2D eigenvalue weighted by molar-refractivity contribution is 7.97. The minimum atomic E-state index is -0.0604. The van der Waals surface area contributed by atoms with Crippen LogP contribution in [0.4, 0.5) is 0 Å². The molecule has 3 aromatic carbocycles. The molecule has 236 valence electrons. The number of benzene rings is 3. The summed E-state index contributed by atoms with van der Waals surface area (Å²) < 4.78 is 0. The van der Waals surface area contributed by atoms with Crippen LogP contribution in [0.25, 0.3) is 0 Å². The first-order chi connectivity index (χ1) is 21.3. The highest BCUT2D eigenvalue weighted by Gasteiger charge is 2.28. The Bertz CT molecular complexity index is 969. The molecule has 0 aliphatic carbocycles. The van der Waals surface area contributed by atoms with E-state index in [1.54, 1.807) is 0 Å². The number of rotatable bonds is 25. The highest BCUT2D eigenvalue weighted by Crippen LogP contribution is 2.32. The second kappa shape index (κ2) is 23.4. The van der Waals surface area contributed by atoms with Crippen molar-refractivity contribution < 1.29 is 0 Å². The van der Waals surface area contributed by atoms with Gasteiger partial charge in [0.1, 0.15) is 0 Å². The maximum Gasteiger partial charge on any atom is 0.166 e. The number of hydrogen-bond acceptors (Lipinski definition) is 0. The van der Waals surface area contributed by atoms with Gasteiger partial charge in [-0.2, -0.15) is 0 Å². The van der Waals surface area contributed by atoms with Gasteiger partial charge in [0.05, 0.1) is 10.9 Å². The Balaban J connectivity index is 1.43. The van der Waals surface area contributed by atoms with Crippen LogP contribution in [0.1, 0.15) is 153 Å². The van der Waals surface area contributed by atoms with Crippen LogP contribution < -0.4 is 0 Å². The van der Waals surface area contributed by atoms with Crippen LogP contribution in [-0.2, 0) is 23.7 Å². The van der Waals surface area contributed by atoms with Crippen molar-refractivity contribution in [1.82, 2.24) is 0 Å². The molecule has 0 aliphatic rings. The Kier molecular flexibility index (Phi) is 19.3. The summed E-state index contributed by atoms with van der Waals surface area (Å²) in [4.78, 5) is 4.27. The van der Waals surface area contributed by atoms with E-state index in [-0.39, 0.29) is 10.9 Å². The molecule has 0 amide bonds. The van der Waals surface area contributed by atoms with Crippen molar-refractivity contribution in [3.8, 4) is 0 Å². The molecular weight excluding hydrogens is 537 g/mol. The van der Waals surface area contributed by atoms with Crippen LogP contribution in [-0.4, -0.2) is 0 Å². The fourth-order valence-electron chi connectivity index (χ4n) is 6.18. The summed E-state index contributed by atoms with van der Waals surface area (Å²) in [7, 11) is -0.0604. The summed E-state index contributed by atoms with van der Waals surface area (Å²) in [5, 5.41) is 0. The van der Waals surface area contributed by atoms with Crippen molar-refractivity contribution in [2.45, 2.75) is 170 Å². The number of unbranched alkanes of at least 4 members (excludes halogenated alkanes) is 18. The lowest BCUT2D eigenvalue weighted by atomic mass is 10.0. The predicted octanol–water partition coefficient (Wildman–Crippen LogP) is 13.7. The standard InChI is InChI=1S/C42H63S/c1-3-5-7-9-11-13-15-17-19-22-26-38-30-34-41(35-31-38)43(40-28-24-21-25-29-40)42-36-32-39(33-37-42)27-23-20-18-16-14-12-10-8-6-4-2/h21,24-25,28-37H,3-20,22-23,26-27H2,1-2H3/q+1. The Morgan fingerprint density at radius 2 is 0.628 bits per heavy atom. The molecule has 0 fully saturated rings. The van der Waals surface area contributed by atoms with Crippen LogP contribution in [0, 0.1) is 0 Å². The molecule has 0 radical (unpaired) electrons. The molecule has 0 saturated heterocycles. The van der Waals surface area contributed by atoms with Gasteiger partial charge in [-0.3, -0.25) is 0 Å². The molecule has 0 spiro atoms. The molecule has 0 saturated carbocycles. The first kappa shape index (κ1) is 35.5. The van der Waals surface area contributed by atoms with Crippen LogP contribution in [0.2, 0.25) is 0 Å². The fourth-order valence-corrected chi connectivity index (χ4v) is 8.24. The van der Waals surface area contributed by atoms with E-state index < -0.39 is 0 Å². The van der Waals surface area contributed by atoms with Gasteiger partial charge in [0, 0.05) is 0 Å². The summed E-state index contributed by atoms with van der Waals surface area (Å²) in [6.45, 7) is 4.60. The van der Waals surface area contributed by atoms with E-state index in [1.165, 1.54) is 167 Å². The van der Waals surface area contributed by atoms with Crippen molar-refractivity contribution in [1.29, 1.82) is 0 Å². The third kappa shape index (κ3) is 15.0. The molecule has 3 rings (SSSR count). The monoisotopic (exact) mass is 599 g/mol. The Morgan fingerprint density at radius 1 is 0.326 bits per heavy atom. The van der Waals surface area contributed by atoms with Gasteiger partial charge in [-0.25, -0.2) is 0 Å². The minimum Gasteiger partial charge on any atom is -0.0654 e. The fraction of sp³-hybridized carbons (Fsp3) is 0.571. The Hall–Kier alpha value is -1.99. The molecular formula is C42H63S+. The van der Waals surface area contributed by atoms with E-state index >= 15 is 0 Å². The normalized spacial score (nSPS) is 11.4. The molecule has 0 aliphatic heterocycles. The molecule has 3 aromatic rings.